The van der Waals surface area contributed by atoms with Gasteiger partial charge in [-0.3, -0.25) is 0 Å². The molecule has 0 radical (unpaired) electrons. The molecule has 26 heavy (non-hydrogen) atoms. The fourth-order valence-electron chi connectivity index (χ4n) is 3.41. The molecule has 4 heteroatoms. The molecule has 0 aliphatic rings. The number of hydrogen-bond donors (Lipinski definition) is 0. The summed E-state index contributed by atoms with van der Waals surface area (Å²) in [6, 6.07) is 8.69. The molecule has 0 aliphatic heterocycles. The summed E-state index contributed by atoms with van der Waals surface area (Å²) in [4.78, 5) is 6.77. The Labute approximate surface area is 154 Å². The molecule has 2 heterocycles. The van der Waals surface area contributed by atoms with E-state index in [0.717, 1.165) is 36.3 Å². The zero-order valence-electron chi connectivity index (χ0n) is 15.6. The summed E-state index contributed by atoms with van der Waals surface area (Å²) in [5.41, 5.74) is 4.72. The van der Waals surface area contributed by atoms with Crippen molar-refractivity contribution in [3.63, 3.8) is 0 Å². The van der Waals surface area contributed by atoms with Crippen molar-refractivity contribution in [2.75, 3.05) is 11.9 Å². The van der Waals surface area contributed by atoms with Crippen LogP contribution in [-0.2, 0) is 13.1 Å². The first kappa shape index (κ1) is 18.0. The Morgan fingerprint density at radius 1 is 1.19 bits per heavy atom. The number of unbranched alkanes of at least 4 members (excludes halogenated alkanes) is 1. The lowest BCUT2D eigenvalue weighted by Crippen LogP contribution is -2.19. The van der Waals surface area contributed by atoms with Crippen LogP contribution in [0, 0.1) is 32.0 Å². The van der Waals surface area contributed by atoms with Crippen LogP contribution < -0.4 is 4.90 Å². The van der Waals surface area contributed by atoms with Gasteiger partial charge >= 0.3 is 0 Å². The second kappa shape index (κ2) is 7.61. The molecule has 2 aromatic heterocycles. The summed E-state index contributed by atoms with van der Waals surface area (Å²) in [5.74, 6) is 3.43. The SMILES string of the molecule is C#CCCCn1c(C)c(C)c2ccnc(N(C)Cc3ccc(F)cc3)c21. The van der Waals surface area contributed by atoms with Gasteiger partial charge < -0.3 is 9.47 Å². The number of pyridine rings is 1. The number of terminal acetylenes is 1. The zero-order chi connectivity index (χ0) is 18.7. The van der Waals surface area contributed by atoms with Crippen LogP contribution in [0.25, 0.3) is 10.9 Å². The average molecular weight is 349 g/mol. The number of anilines is 1. The van der Waals surface area contributed by atoms with Crippen molar-refractivity contribution in [1.29, 1.82) is 0 Å². The molecule has 3 aromatic rings. The van der Waals surface area contributed by atoms with Crippen LogP contribution in [0.15, 0.2) is 36.5 Å². The van der Waals surface area contributed by atoms with Crippen molar-refractivity contribution in [2.45, 2.75) is 39.8 Å². The number of rotatable bonds is 6. The van der Waals surface area contributed by atoms with Crippen LogP contribution in [0.2, 0.25) is 0 Å². The Morgan fingerprint density at radius 3 is 2.62 bits per heavy atom. The van der Waals surface area contributed by atoms with Crippen molar-refractivity contribution in [3.8, 4) is 12.3 Å². The highest BCUT2D eigenvalue weighted by Gasteiger charge is 2.17. The molecular weight excluding hydrogens is 325 g/mol. The van der Waals surface area contributed by atoms with Gasteiger partial charge in [0, 0.05) is 43.8 Å². The lowest BCUT2D eigenvalue weighted by Gasteiger charge is -2.21. The first-order valence-corrected chi connectivity index (χ1v) is 8.86. The van der Waals surface area contributed by atoms with Gasteiger partial charge in [-0.05, 0) is 49.6 Å². The maximum Gasteiger partial charge on any atom is 0.153 e. The normalized spacial score (nSPS) is 10.9. The second-order valence-corrected chi connectivity index (χ2v) is 6.68. The molecule has 0 amide bonds. The molecule has 0 unspecified atom stereocenters. The number of aromatic nitrogens is 2. The van der Waals surface area contributed by atoms with Gasteiger partial charge in [0.2, 0.25) is 0 Å². The Bertz CT molecular complexity index is 948. The van der Waals surface area contributed by atoms with E-state index in [9.17, 15) is 4.39 Å². The molecule has 0 bridgehead atoms. The Morgan fingerprint density at radius 2 is 1.92 bits per heavy atom. The average Bonchev–Trinajstić information content (AvgIpc) is 2.89. The van der Waals surface area contributed by atoms with Gasteiger partial charge in [0.25, 0.3) is 0 Å². The van der Waals surface area contributed by atoms with E-state index < -0.39 is 0 Å². The minimum absolute atomic E-state index is 0.217. The Balaban J connectivity index is 2.00. The minimum Gasteiger partial charge on any atom is -0.354 e. The van der Waals surface area contributed by atoms with Gasteiger partial charge in [-0.15, -0.1) is 12.3 Å². The number of hydrogen-bond acceptors (Lipinski definition) is 2. The molecule has 0 aliphatic carbocycles. The van der Waals surface area contributed by atoms with Crippen molar-refractivity contribution < 1.29 is 4.39 Å². The molecule has 134 valence electrons. The number of benzene rings is 1. The van der Waals surface area contributed by atoms with E-state index in [1.165, 1.54) is 28.8 Å². The number of halogens is 1. The summed E-state index contributed by atoms with van der Waals surface area (Å²) < 4.78 is 15.5. The van der Waals surface area contributed by atoms with E-state index in [0.29, 0.717) is 6.54 Å². The van der Waals surface area contributed by atoms with Crippen LogP contribution >= 0.6 is 0 Å². The van der Waals surface area contributed by atoms with Crippen molar-refractivity contribution >= 4 is 16.7 Å². The third kappa shape index (κ3) is 3.43. The van der Waals surface area contributed by atoms with E-state index in [2.05, 4.69) is 40.3 Å². The summed E-state index contributed by atoms with van der Waals surface area (Å²) in [5, 5.41) is 1.22. The quantitative estimate of drug-likeness (QED) is 0.469. The second-order valence-electron chi connectivity index (χ2n) is 6.68. The minimum atomic E-state index is -0.217. The first-order valence-electron chi connectivity index (χ1n) is 8.86. The van der Waals surface area contributed by atoms with Crippen molar-refractivity contribution in [1.82, 2.24) is 9.55 Å². The molecule has 0 fully saturated rings. The lowest BCUT2D eigenvalue weighted by atomic mass is 10.2. The van der Waals surface area contributed by atoms with Gasteiger partial charge in [0.15, 0.2) is 5.82 Å². The molecule has 1 aromatic carbocycles. The Hall–Kier alpha value is -2.80. The van der Waals surface area contributed by atoms with Gasteiger partial charge in [0.1, 0.15) is 5.82 Å². The van der Waals surface area contributed by atoms with Crippen molar-refractivity contribution in [3.05, 3.63) is 59.2 Å². The topological polar surface area (TPSA) is 21.1 Å². The molecule has 3 rings (SSSR count). The number of fused-ring (bicyclic) bond motifs is 1. The van der Waals surface area contributed by atoms with E-state index >= 15 is 0 Å². The fraction of sp³-hybridized carbons (Fsp3) is 0.318. The number of aryl methyl sites for hydroxylation is 2. The molecule has 0 N–H and O–H groups in total. The molecule has 0 saturated heterocycles. The van der Waals surface area contributed by atoms with E-state index in [4.69, 9.17) is 6.42 Å². The molecule has 0 saturated carbocycles. The molecular formula is C22H24FN3. The predicted molar refractivity (Wildman–Crippen MR) is 106 cm³/mol. The van der Waals surface area contributed by atoms with Gasteiger partial charge in [-0.25, -0.2) is 9.37 Å². The third-order valence-corrected chi connectivity index (χ3v) is 4.92. The van der Waals surface area contributed by atoms with Gasteiger partial charge in [-0.2, -0.15) is 0 Å². The van der Waals surface area contributed by atoms with Crippen LogP contribution in [0.1, 0.15) is 29.7 Å². The molecule has 0 spiro atoms. The first-order chi connectivity index (χ1) is 12.5. The highest BCUT2D eigenvalue weighted by molar-refractivity contribution is 5.93. The highest BCUT2D eigenvalue weighted by atomic mass is 19.1. The Kier molecular flexibility index (Phi) is 5.27. The largest absolute Gasteiger partial charge is 0.354 e. The summed E-state index contributed by atoms with van der Waals surface area (Å²) in [6.45, 7) is 5.84. The highest BCUT2D eigenvalue weighted by Crippen LogP contribution is 2.32. The lowest BCUT2D eigenvalue weighted by molar-refractivity contribution is 0.627. The van der Waals surface area contributed by atoms with E-state index in [1.54, 1.807) is 0 Å². The van der Waals surface area contributed by atoms with Gasteiger partial charge in [0.05, 0.1) is 5.52 Å². The van der Waals surface area contributed by atoms with Gasteiger partial charge in [-0.1, -0.05) is 12.1 Å². The molecule has 0 atom stereocenters. The zero-order valence-corrected chi connectivity index (χ0v) is 15.6. The van der Waals surface area contributed by atoms with Crippen LogP contribution in [0.3, 0.4) is 0 Å². The van der Waals surface area contributed by atoms with Crippen LogP contribution in [-0.4, -0.2) is 16.6 Å². The maximum atomic E-state index is 13.2. The van der Waals surface area contributed by atoms with E-state index in [1.807, 2.05) is 25.4 Å². The monoisotopic (exact) mass is 349 g/mol. The summed E-state index contributed by atoms with van der Waals surface area (Å²) in [7, 11) is 2.02. The molecule has 3 nitrogen and oxygen atoms in total. The maximum absolute atomic E-state index is 13.2. The van der Waals surface area contributed by atoms with Crippen molar-refractivity contribution in [2.24, 2.45) is 0 Å². The third-order valence-electron chi connectivity index (χ3n) is 4.92. The van der Waals surface area contributed by atoms with Crippen LogP contribution in [0.4, 0.5) is 10.2 Å². The van der Waals surface area contributed by atoms with E-state index in [-0.39, 0.29) is 5.82 Å². The fourth-order valence-corrected chi connectivity index (χ4v) is 3.41. The summed E-state index contributed by atoms with van der Waals surface area (Å²) in [6.07, 6.45) is 8.98. The predicted octanol–water partition coefficient (Wildman–Crippen LogP) is 4.84. The standard InChI is InChI=1S/C22H24FN3/c1-5-6-7-14-26-17(3)16(2)20-12-13-24-22(21(20)26)25(4)15-18-8-10-19(23)11-9-18/h1,8-13H,6-7,14-15H2,2-4H3. The smallest absolute Gasteiger partial charge is 0.153 e. The number of nitrogens with zero attached hydrogens (tertiary/aromatic N) is 3. The van der Waals surface area contributed by atoms with Crippen LogP contribution in [0.5, 0.6) is 0 Å². The summed E-state index contributed by atoms with van der Waals surface area (Å²) >= 11 is 0.